The Morgan fingerprint density at radius 2 is 1.52 bits per heavy atom. The van der Waals surface area contributed by atoms with E-state index in [1.54, 1.807) is 30.3 Å². The normalized spacial score (nSPS) is 10.2. The van der Waals surface area contributed by atoms with Crippen molar-refractivity contribution in [2.24, 2.45) is 0 Å². The highest BCUT2D eigenvalue weighted by Gasteiger charge is 2.07. The summed E-state index contributed by atoms with van der Waals surface area (Å²) < 4.78 is 0. The fraction of sp³-hybridized carbons (Fsp3) is 0.0526. The quantitative estimate of drug-likeness (QED) is 0.618. The molecule has 0 aliphatic heterocycles. The van der Waals surface area contributed by atoms with Gasteiger partial charge >= 0.3 is 0 Å². The van der Waals surface area contributed by atoms with Crippen LogP contribution in [0.15, 0.2) is 77.0 Å². The van der Waals surface area contributed by atoms with E-state index >= 15 is 0 Å². The predicted octanol–water partition coefficient (Wildman–Crippen LogP) is 4.73. The number of hydrogen-bond acceptors (Lipinski definition) is 4. The van der Waals surface area contributed by atoms with Crippen LogP contribution in [-0.4, -0.2) is 17.6 Å². The molecular weight excluding hydrogens is 352 g/mol. The molecule has 0 fully saturated rings. The van der Waals surface area contributed by atoms with Crippen molar-refractivity contribution in [3.05, 3.63) is 77.0 Å². The maximum Gasteiger partial charge on any atom is 0.265 e. The number of amides is 2. The van der Waals surface area contributed by atoms with Gasteiger partial charge in [0.1, 0.15) is 0 Å². The molecule has 1 aromatic heterocycles. The summed E-state index contributed by atoms with van der Waals surface area (Å²) in [6, 6.07) is 20.5. The second-order valence-corrected chi connectivity index (χ2v) is 7.16. The molecule has 0 radical (unpaired) electrons. The maximum atomic E-state index is 12.0. The largest absolute Gasteiger partial charge is 0.325 e. The number of carbonyl (C=O) groups excluding carboxylic acids is 2. The molecule has 0 spiro atoms. The van der Waals surface area contributed by atoms with Gasteiger partial charge in [-0.05, 0) is 47.8 Å². The molecule has 3 aromatic rings. The van der Waals surface area contributed by atoms with E-state index in [1.165, 1.54) is 23.1 Å². The first-order chi connectivity index (χ1) is 12.2. The van der Waals surface area contributed by atoms with Gasteiger partial charge < -0.3 is 10.6 Å². The molecule has 2 aromatic carbocycles. The summed E-state index contributed by atoms with van der Waals surface area (Å²) >= 11 is 2.88. The van der Waals surface area contributed by atoms with E-state index in [4.69, 9.17) is 0 Å². The van der Waals surface area contributed by atoms with Crippen molar-refractivity contribution >= 4 is 46.3 Å². The molecular formula is C19H16N2O2S2. The lowest BCUT2D eigenvalue weighted by Crippen LogP contribution is -2.14. The number of rotatable bonds is 6. The highest BCUT2D eigenvalue weighted by Crippen LogP contribution is 2.19. The van der Waals surface area contributed by atoms with Gasteiger partial charge in [-0.3, -0.25) is 9.59 Å². The lowest BCUT2D eigenvalue weighted by molar-refractivity contribution is -0.113. The summed E-state index contributed by atoms with van der Waals surface area (Å²) in [4.78, 5) is 25.7. The van der Waals surface area contributed by atoms with Crippen LogP contribution in [0.1, 0.15) is 9.67 Å². The highest BCUT2D eigenvalue weighted by molar-refractivity contribution is 8.00. The molecule has 4 nitrogen and oxygen atoms in total. The second kappa shape index (κ2) is 8.50. The van der Waals surface area contributed by atoms with Gasteiger partial charge in [-0.2, -0.15) is 0 Å². The summed E-state index contributed by atoms with van der Waals surface area (Å²) in [5.74, 6) is 0.149. The summed E-state index contributed by atoms with van der Waals surface area (Å²) in [7, 11) is 0. The number of hydrogen-bond donors (Lipinski definition) is 2. The molecule has 0 saturated carbocycles. The van der Waals surface area contributed by atoms with Crippen molar-refractivity contribution in [1.82, 2.24) is 0 Å². The Balaban J connectivity index is 1.50. The van der Waals surface area contributed by atoms with Crippen LogP contribution < -0.4 is 10.6 Å². The Labute approximate surface area is 154 Å². The van der Waals surface area contributed by atoms with Crippen molar-refractivity contribution in [3.8, 4) is 0 Å². The Morgan fingerprint density at radius 3 is 2.16 bits per heavy atom. The maximum absolute atomic E-state index is 12.0. The molecule has 0 bridgehead atoms. The molecule has 0 atom stereocenters. The summed E-state index contributed by atoms with van der Waals surface area (Å²) in [5, 5.41) is 7.54. The number of anilines is 2. The molecule has 0 aliphatic carbocycles. The summed E-state index contributed by atoms with van der Waals surface area (Å²) in [5.41, 5.74) is 1.39. The highest BCUT2D eigenvalue weighted by atomic mass is 32.2. The average Bonchev–Trinajstić information content (AvgIpc) is 3.17. The van der Waals surface area contributed by atoms with Gasteiger partial charge in [0.25, 0.3) is 5.91 Å². The van der Waals surface area contributed by atoms with Crippen LogP contribution in [0.5, 0.6) is 0 Å². The number of carbonyl (C=O) groups is 2. The number of thioether (sulfide) groups is 1. The fourth-order valence-electron chi connectivity index (χ4n) is 2.10. The first-order valence-electron chi connectivity index (χ1n) is 7.63. The van der Waals surface area contributed by atoms with Crippen LogP contribution in [0, 0.1) is 0 Å². The van der Waals surface area contributed by atoms with Crippen LogP contribution >= 0.6 is 23.1 Å². The third-order valence-electron chi connectivity index (χ3n) is 3.28. The molecule has 3 rings (SSSR count). The molecule has 0 unspecified atom stereocenters. The van der Waals surface area contributed by atoms with Crippen molar-refractivity contribution in [2.45, 2.75) is 4.90 Å². The number of nitrogens with one attached hydrogen (secondary N) is 2. The molecule has 126 valence electrons. The fourth-order valence-corrected chi connectivity index (χ4v) is 3.44. The molecule has 6 heteroatoms. The van der Waals surface area contributed by atoms with Crippen LogP contribution in [-0.2, 0) is 4.79 Å². The van der Waals surface area contributed by atoms with E-state index in [0.717, 1.165) is 4.90 Å². The van der Waals surface area contributed by atoms with Crippen LogP contribution in [0.3, 0.4) is 0 Å². The molecule has 25 heavy (non-hydrogen) atoms. The van der Waals surface area contributed by atoms with E-state index in [-0.39, 0.29) is 11.8 Å². The Hall–Kier alpha value is -2.57. The molecule has 2 amide bonds. The Bertz CT molecular complexity index is 832. The summed E-state index contributed by atoms with van der Waals surface area (Å²) in [6.45, 7) is 0. The van der Waals surface area contributed by atoms with Crippen molar-refractivity contribution < 1.29 is 9.59 Å². The van der Waals surface area contributed by atoms with Gasteiger partial charge in [-0.25, -0.2) is 0 Å². The van der Waals surface area contributed by atoms with Crippen LogP contribution in [0.25, 0.3) is 0 Å². The first kappa shape index (κ1) is 17.3. The lowest BCUT2D eigenvalue weighted by Gasteiger charge is -2.07. The second-order valence-electron chi connectivity index (χ2n) is 5.16. The van der Waals surface area contributed by atoms with E-state index in [2.05, 4.69) is 10.6 Å². The first-order valence-corrected chi connectivity index (χ1v) is 9.50. The molecule has 0 saturated heterocycles. The number of benzene rings is 2. The minimum absolute atomic E-state index is 0.0655. The standard InChI is InChI=1S/C19H16N2O2S2/c22-18(13-25-16-5-2-1-3-6-16)20-14-8-10-15(11-9-14)21-19(23)17-7-4-12-24-17/h1-12H,13H2,(H,20,22)(H,21,23). The SMILES string of the molecule is O=C(CSc1ccccc1)Nc1ccc(NC(=O)c2cccs2)cc1. The zero-order valence-electron chi connectivity index (χ0n) is 13.3. The Morgan fingerprint density at radius 1 is 0.840 bits per heavy atom. The zero-order valence-corrected chi connectivity index (χ0v) is 14.9. The van der Waals surface area contributed by atoms with Gasteiger partial charge in [0.15, 0.2) is 0 Å². The third-order valence-corrected chi connectivity index (χ3v) is 5.17. The molecule has 1 heterocycles. The molecule has 0 aliphatic rings. The summed E-state index contributed by atoms with van der Waals surface area (Å²) in [6.07, 6.45) is 0. The molecule has 2 N–H and O–H groups in total. The van der Waals surface area contributed by atoms with Gasteiger partial charge in [-0.1, -0.05) is 24.3 Å². The monoisotopic (exact) mass is 368 g/mol. The zero-order chi connectivity index (χ0) is 17.5. The van der Waals surface area contributed by atoms with Crippen LogP contribution in [0.2, 0.25) is 0 Å². The van der Waals surface area contributed by atoms with Crippen molar-refractivity contribution in [3.63, 3.8) is 0 Å². The van der Waals surface area contributed by atoms with Gasteiger partial charge in [0.2, 0.25) is 5.91 Å². The van der Waals surface area contributed by atoms with Crippen LogP contribution in [0.4, 0.5) is 11.4 Å². The number of thiophene rings is 1. The minimum atomic E-state index is -0.133. The van der Waals surface area contributed by atoms with E-state index < -0.39 is 0 Å². The third kappa shape index (κ3) is 5.20. The minimum Gasteiger partial charge on any atom is -0.325 e. The van der Waals surface area contributed by atoms with Gasteiger partial charge in [-0.15, -0.1) is 23.1 Å². The topological polar surface area (TPSA) is 58.2 Å². The van der Waals surface area contributed by atoms with Crippen molar-refractivity contribution in [2.75, 3.05) is 16.4 Å². The Kier molecular flexibility index (Phi) is 5.87. The van der Waals surface area contributed by atoms with Gasteiger partial charge in [0, 0.05) is 16.3 Å². The predicted molar refractivity (Wildman–Crippen MR) is 105 cm³/mol. The van der Waals surface area contributed by atoms with E-state index in [0.29, 0.717) is 22.0 Å². The lowest BCUT2D eigenvalue weighted by atomic mass is 10.2. The smallest absolute Gasteiger partial charge is 0.265 e. The van der Waals surface area contributed by atoms with Crippen molar-refractivity contribution in [1.29, 1.82) is 0 Å². The van der Waals surface area contributed by atoms with Gasteiger partial charge in [0.05, 0.1) is 10.6 Å². The van der Waals surface area contributed by atoms with E-state index in [1.807, 2.05) is 41.8 Å². The van der Waals surface area contributed by atoms with E-state index in [9.17, 15) is 9.59 Å². The average molecular weight is 368 g/mol.